The second-order valence-electron chi connectivity index (χ2n) is 1.80. The summed E-state index contributed by atoms with van der Waals surface area (Å²) in [6.45, 7) is 0. The van der Waals surface area contributed by atoms with Crippen molar-refractivity contribution in [2.45, 2.75) is 25.4 Å². The van der Waals surface area contributed by atoms with Crippen molar-refractivity contribution in [3.63, 3.8) is 0 Å². The Bertz CT molecular complexity index is 90.3. The Morgan fingerprint density at radius 3 is 2.56 bits per heavy atom. The van der Waals surface area contributed by atoms with Crippen molar-refractivity contribution < 1.29 is 14.7 Å². The Morgan fingerprint density at radius 1 is 1.44 bits per heavy atom. The van der Waals surface area contributed by atoms with Crippen LogP contribution < -0.4 is 0 Å². The molecular weight excluding hydrogens is 120 g/mol. The second-order valence-corrected chi connectivity index (χ2v) is 1.80. The highest BCUT2D eigenvalue weighted by Gasteiger charge is 1.98. The summed E-state index contributed by atoms with van der Waals surface area (Å²) < 4.78 is 0. The average Bonchev–Trinajstić information content (AvgIpc) is 1.89. The zero-order valence-corrected chi connectivity index (χ0v) is 5.12. The van der Waals surface area contributed by atoms with Crippen molar-refractivity contribution in [2.24, 2.45) is 0 Å². The van der Waals surface area contributed by atoms with Crippen LogP contribution in [0.5, 0.6) is 0 Å². The average molecular weight is 130 g/mol. The minimum absolute atomic E-state index is 0.391. The number of unbranched alkanes of at least 4 members (excludes halogenated alkanes) is 1. The third-order valence-electron chi connectivity index (χ3n) is 0.979. The Hall–Kier alpha value is -0.700. The van der Waals surface area contributed by atoms with Gasteiger partial charge < -0.3 is 14.7 Å². The van der Waals surface area contributed by atoms with Gasteiger partial charge in [0.15, 0.2) is 0 Å². The van der Waals surface area contributed by atoms with E-state index in [0.29, 0.717) is 25.5 Å². The van der Waals surface area contributed by atoms with E-state index in [-0.39, 0.29) is 0 Å². The van der Waals surface area contributed by atoms with E-state index in [1.54, 1.807) is 0 Å². The fourth-order valence-corrected chi connectivity index (χ4v) is 0.478. The summed E-state index contributed by atoms with van der Waals surface area (Å²) in [6.07, 6.45) is 1.77. The highest BCUT2D eigenvalue weighted by atomic mass is 16.3. The first kappa shape index (κ1) is 8.30. The molecular formula is C6H10O3. The molecule has 0 aliphatic heterocycles. The van der Waals surface area contributed by atoms with Crippen LogP contribution in [0.3, 0.4) is 0 Å². The SMILES string of the molecule is O=CCCCC(O)C=O. The van der Waals surface area contributed by atoms with Crippen LogP contribution in [0.2, 0.25) is 0 Å². The highest BCUT2D eigenvalue weighted by Crippen LogP contribution is 1.95. The third-order valence-corrected chi connectivity index (χ3v) is 0.979. The number of carbonyl (C=O) groups excluding carboxylic acids is 2. The molecule has 9 heavy (non-hydrogen) atoms. The molecule has 3 nitrogen and oxygen atoms in total. The minimum Gasteiger partial charge on any atom is -0.386 e. The predicted molar refractivity (Wildman–Crippen MR) is 32.0 cm³/mol. The lowest BCUT2D eigenvalue weighted by Crippen LogP contribution is -2.06. The Labute approximate surface area is 53.7 Å². The fraction of sp³-hybridized carbons (Fsp3) is 0.667. The van der Waals surface area contributed by atoms with Gasteiger partial charge >= 0.3 is 0 Å². The molecule has 0 amide bonds. The molecule has 0 fully saturated rings. The first-order valence-corrected chi connectivity index (χ1v) is 2.88. The molecule has 1 atom stereocenters. The normalized spacial score (nSPS) is 12.6. The maximum Gasteiger partial charge on any atom is 0.148 e. The first-order valence-electron chi connectivity index (χ1n) is 2.88. The maximum absolute atomic E-state index is 9.76. The number of aldehydes is 2. The van der Waals surface area contributed by atoms with Crippen molar-refractivity contribution in [2.75, 3.05) is 0 Å². The van der Waals surface area contributed by atoms with Crippen LogP contribution in [0, 0.1) is 0 Å². The van der Waals surface area contributed by atoms with Crippen LogP contribution in [0.1, 0.15) is 19.3 Å². The molecule has 52 valence electrons. The summed E-state index contributed by atoms with van der Waals surface area (Å²) >= 11 is 0. The van der Waals surface area contributed by atoms with Gasteiger partial charge in [0.1, 0.15) is 18.7 Å². The minimum atomic E-state index is -0.884. The molecule has 0 bridgehead atoms. The molecule has 0 saturated heterocycles. The third kappa shape index (κ3) is 5.17. The lowest BCUT2D eigenvalue weighted by molar-refractivity contribution is -0.115. The number of rotatable bonds is 5. The van der Waals surface area contributed by atoms with Gasteiger partial charge in [0.25, 0.3) is 0 Å². The lowest BCUT2D eigenvalue weighted by Gasteiger charge is -1.97. The van der Waals surface area contributed by atoms with Crippen molar-refractivity contribution in [1.29, 1.82) is 0 Å². The first-order chi connectivity index (χ1) is 4.31. The Morgan fingerprint density at radius 2 is 2.11 bits per heavy atom. The van der Waals surface area contributed by atoms with E-state index < -0.39 is 6.10 Å². The van der Waals surface area contributed by atoms with E-state index in [1.807, 2.05) is 0 Å². The molecule has 0 rings (SSSR count). The molecule has 0 aliphatic carbocycles. The predicted octanol–water partition coefficient (Wildman–Crippen LogP) is -0.0846. The van der Waals surface area contributed by atoms with Gasteiger partial charge in [-0.2, -0.15) is 0 Å². The van der Waals surface area contributed by atoms with Crippen LogP contribution in [-0.4, -0.2) is 23.8 Å². The summed E-state index contributed by atoms with van der Waals surface area (Å²) in [7, 11) is 0. The van der Waals surface area contributed by atoms with Crippen molar-refractivity contribution in [1.82, 2.24) is 0 Å². The molecule has 0 saturated carbocycles. The monoisotopic (exact) mass is 130 g/mol. The van der Waals surface area contributed by atoms with Gasteiger partial charge in [0.2, 0.25) is 0 Å². The van der Waals surface area contributed by atoms with Crippen molar-refractivity contribution in [3.05, 3.63) is 0 Å². The number of aliphatic hydroxyl groups is 1. The highest BCUT2D eigenvalue weighted by molar-refractivity contribution is 5.55. The van der Waals surface area contributed by atoms with Crippen LogP contribution in [0.15, 0.2) is 0 Å². The van der Waals surface area contributed by atoms with Crippen molar-refractivity contribution >= 4 is 12.6 Å². The Kier molecular flexibility index (Phi) is 5.01. The smallest absolute Gasteiger partial charge is 0.148 e. The molecule has 0 aromatic carbocycles. The number of hydrogen-bond acceptors (Lipinski definition) is 3. The summed E-state index contributed by atoms with van der Waals surface area (Å²) in [6, 6.07) is 0. The van der Waals surface area contributed by atoms with Gasteiger partial charge in [-0.25, -0.2) is 0 Å². The van der Waals surface area contributed by atoms with Crippen LogP contribution in [0.4, 0.5) is 0 Å². The molecule has 3 heteroatoms. The van der Waals surface area contributed by atoms with Gasteiger partial charge in [-0.3, -0.25) is 0 Å². The molecule has 0 aromatic rings. The number of carbonyl (C=O) groups is 2. The lowest BCUT2D eigenvalue weighted by atomic mass is 10.2. The summed E-state index contributed by atoms with van der Waals surface area (Å²) in [4.78, 5) is 19.5. The van der Waals surface area contributed by atoms with Crippen LogP contribution >= 0.6 is 0 Å². The summed E-state index contributed by atoms with van der Waals surface area (Å²) in [5, 5.41) is 8.60. The Balaban J connectivity index is 3.05. The van der Waals surface area contributed by atoms with Gasteiger partial charge in [-0.05, 0) is 12.8 Å². The quantitative estimate of drug-likeness (QED) is 0.418. The zero-order valence-electron chi connectivity index (χ0n) is 5.12. The molecule has 0 spiro atoms. The van der Waals surface area contributed by atoms with Crippen LogP contribution in [0.25, 0.3) is 0 Å². The van der Waals surface area contributed by atoms with E-state index in [0.717, 1.165) is 6.29 Å². The largest absolute Gasteiger partial charge is 0.386 e. The van der Waals surface area contributed by atoms with Crippen molar-refractivity contribution in [3.8, 4) is 0 Å². The van der Waals surface area contributed by atoms with E-state index in [9.17, 15) is 9.59 Å². The van der Waals surface area contributed by atoms with E-state index in [4.69, 9.17) is 5.11 Å². The maximum atomic E-state index is 9.76. The van der Waals surface area contributed by atoms with Gasteiger partial charge in [-0.1, -0.05) is 0 Å². The van der Waals surface area contributed by atoms with E-state index in [1.165, 1.54) is 0 Å². The summed E-state index contributed by atoms with van der Waals surface area (Å²) in [5.74, 6) is 0. The van der Waals surface area contributed by atoms with Gasteiger partial charge in [-0.15, -0.1) is 0 Å². The number of hydrogen-bond donors (Lipinski definition) is 1. The van der Waals surface area contributed by atoms with Gasteiger partial charge in [0.05, 0.1) is 0 Å². The van der Waals surface area contributed by atoms with E-state index >= 15 is 0 Å². The standard InChI is InChI=1S/C6H10O3/c7-4-2-1-3-6(9)5-8/h4-6,9H,1-3H2. The number of aliphatic hydroxyl groups excluding tert-OH is 1. The van der Waals surface area contributed by atoms with Gasteiger partial charge in [0, 0.05) is 6.42 Å². The topological polar surface area (TPSA) is 54.4 Å². The molecule has 0 heterocycles. The molecule has 1 N–H and O–H groups in total. The fourth-order valence-electron chi connectivity index (χ4n) is 0.478. The molecule has 0 radical (unpaired) electrons. The zero-order chi connectivity index (χ0) is 7.11. The van der Waals surface area contributed by atoms with Crippen LogP contribution in [-0.2, 0) is 9.59 Å². The second kappa shape index (κ2) is 5.44. The molecule has 0 aromatic heterocycles. The summed E-state index contributed by atoms with van der Waals surface area (Å²) in [5.41, 5.74) is 0. The molecule has 1 unspecified atom stereocenters. The molecule has 0 aliphatic rings. The van der Waals surface area contributed by atoms with E-state index in [2.05, 4.69) is 0 Å².